The van der Waals surface area contributed by atoms with E-state index in [1.807, 2.05) is 31.2 Å². The Hall–Kier alpha value is -9.22. The maximum absolute atomic E-state index is 9.98. The summed E-state index contributed by atoms with van der Waals surface area (Å²) in [5.74, 6) is 0.630. The Kier molecular flexibility index (Phi) is 9.00. The zero-order valence-electron chi connectivity index (χ0n) is 39.0. The van der Waals surface area contributed by atoms with Gasteiger partial charge in [0.05, 0.1) is 34.3 Å². The first kappa shape index (κ1) is 40.8. The Balaban J connectivity index is 1.04. The van der Waals surface area contributed by atoms with Gasteiger partial charge in [-0.3, -0.25) is 0 Å². The minimum Gasteiger partial charge on any atom is -0.227 e. The molecule has 10 aromatic rings. The van der Waals surface area contributed by atoms with Gasteiger partial charge in [0.2, 0.25) is 0 Å². The number of fused-ring (bicyclic) bond motifs is 6. The lowest BCUT2D eigenvalue weighted by atomic mass is 9.81. The molecule has 0 aliphatic heterocycles. The van der Waals surface area contributed by atoms with Crippen LogP contribution in [-0.4, -0.2) is 9.97 Å². The quantitative estimate of drug-likeness (QED) is 0.167. The van der Waals surface area contributed by atoms with Crippen LogP contribution < -0.4 is 0 Å². The fourth-order valence-corrected chi connectivity index (χ4v) is 11.9. The van der Waals surface area contributed by atoms with Crippen LogP contribution in [0.3, 0.4) is 0 Å². The van der Waals surface area contributed by atoms with E-state index in [0.29, 0.717) is 17.8 Å². The number of nitriles is 2. The lowest BCUT2D eigenvalue weighted by molar-refractivity contribution is 0.575. The van der Waals surface area contributed by atoms with Crippen LogP contribution in [0.4, 0.5) is 0 Å². The summed E-state index contributed by atoms with van der Waals surface area (Å²) in [5, 5.41) is 25.7. The number of hydrogen-bond acceptors (Lipinski definition) is 4. The maximum Gasteiger partial charge on any atom is 0.160 e. The molecule has 14 rings (SSSR count). The van der Waals surface area contributed by atoms with Crippen LogP contribution in [0, 0.1) is 28.1 Å². The van der Waals surface area contributed by atoms with Crippen molar-refractivity contribution in [2.24, 2.45) is 5.41 Å². The molecule has 1 heterocycles. The van der Waals surface area contributed by atoms with Gasteiger partial charge in [-0.25, -0.2) is 9.97 Å². The van der Waals surface area contributed by atoms with Gasteiger partial charge in [0.15, 0.2) is 5.82 Å². The third-order valence-electron chi connectivity index (χ3n) is 15.3. The molecule has 4 aliphatic carbocycles. The van der Waals surface area contributed by atoms with E-state index in [9.17, 15) is 10.5 Å². The highest BCUT2D eigenvalue weighted by atomic mass is 14.9. The van der Waals surface area contributed by atoms with Crippen molar-refractivity contribution in [3.05, 3.63) is 222 Å². The van der Waals surface area contributed by atoms with Gasteiger partial charge < -0.3 is 0 Å². The largest absolute Gasteiger partial charge is 0.227 e. The summed E-state index contributed by atoms with van der Waals surface area (Å²) < 4.78 is 0. The number of allylic oxidation sites excluding steroid dienone is 8. The number of benzene rings is 9. The van der Waals surface area contributed by atoms with Crippen LogP contribution in [0.1, 0.15) is 48.4 Å². The predicted octanol–water partition coefficient (Wildman–Crippen LogP) is 17.2. The van der Waals surface area contributed by atoms with E-state index in [2.05, 4.69) is 188 Å². The lowest BCUT2D eigenvalue weighted by Crippen LogP contribution is -2.11. The van der Waals surface area contributed by atoms with Gasteiger partial charge in [-0.15, -0.1) is 0 Å². The molecule has 4 nitrogen and oxygen atoms in total. The Morgan fingerprint density at radius 1 is 0.479 bits per heavy atom. The summed E-state index contributed by atoms with van der Waals surface area (Å²) in [4.78, 5) is 11.2. The number of aromatic nitrogens is 2. The second kappa shape index (κ2) is 15.7. The van der Waals surface area contributed by atoms with E-state index < -0.39 is 5.41 Å². The standard InChI is InChI=1S/C67H42N4/c1-67(39-69)33-9-12-46(37-67)42-23-27-44(28-24-42)66-70-64(43-25-21-41(22-26-43)45-11-6-10-40(34-45)38-68)61-36-47(48-29-31-58-51-15-4-2-13-49(51)55-18-7-17-54(48)62(55)58)35-60(65(61)71-66)53-30-32-59-52-16-5-3-14-50(52)56-19-8-20-57(53)63(56)59/h2,4-13,15-32,34-37H,3,14,33H2,1H3. The molecule has 0 saturated carbocycles. The Morgan fingerprint density at radius 3 is 1.94 bits per heavy atom. The van der Waals surface area contributed by atoms with Crippen LogP contribution in [0.2, 0.25) is 0 Å². The Bertz CT molecular complexity index is 4180. The van der Waals surface area contributed by atoms with Gasteiger partial charge in [-0.05, 0) is 155 Å². The first-order valence-corrected chi connectivity index (χ1v) is 24.4. The fraction of sp³-hybridized carbons (Fsp3) is 0.0746. The van der Waals surface area contributed by atoms with Crippen molar-refractivity contribution in [1.82, 2.24) is 9.97 Å². The van der Waals surface area contributed by atoms with Crippen LogP contribution in [0.5, 0.6) is 0 Å². The zero-order chi connectivity index (χ0) is 47.4. The number of nitrogens with zero attached hydrogens (tertiary/aromatic N) is 4. The third-order valence-corrected chi connectivity index (χ3v) is 15.3. The summed E-state index contributed by atoms with van der Waals surface area (Å²) in [6.45, 7) is 1.99. The van der Waals surface area contributed by atoms with Crippen LogP contribution in [0.15, 0.2) is 200 Å². The summed E-state index contributed by atoms with van der Waals surface area (Å²) in [6.07, 6.45) is 13.7. The molecule has 0 N–H and O–H groups in total. The van der Waals surface area contributed by atoms with E-state index in [1.165, 1.54) is 66.1 Å². The van der Waals surface area contributed by atoms with E-state index in [4.69, 9.17) is 9.97 Å². The molecule has 1 unspecified atom stereocenters. The predicted molar refractivity (Wildman–Crippen MR) is 292 cm³/mol. The van der Waals surface area contributed by atoms with Gasteiger partial charge in [0, 0.05) is 22.1 Å². The first-order chi connectivity index (χ1) is 34.9. The van der Waals surface area contributed by atoms with Crippen molar-refractivity contribution in [2.45, 2.75) is 26.2 Å². The highest BCUT2D eigenvalue weighted by molar-refractivity contribution is 6.22. The minimum atomic E-state index is -0.547. The molecular formula is C67H42N4. The van der Waals surface area contributed by atoms with Crippen molar-refractivity contribution < 1.29 is 0 Å². The van der Waals surface area contributed by atoms with Gasteiger partial charge in [-0.2, -0.15) is 10.5 Å². The molecule has 1 aromatic heterocycles. The fourth-order valence-electron chi connectivity index (χ4n) is 11.9. The summed E-state index contributed by atoms with van der Waals surface area (Å²) in [6, 6.07) is 65.9. The van der Waals surface area contributed by atoms with Crippen LogP contribution in [0.25, 0.3) is 127 Å². The van der Waals surface area contributed by atoms with E-state index in [-0.39, 0.29) is 0 Å². The second-order valence-corrected chi connectivity index (χ2v) is 19.6. The molecule has 330 valence electrons. The molecule has 0 spiro atoms. The minimum absolute atomic E-state index is 0.547. The molecule has 0 saturated heterocycles. The maximum atomic E-state index is 9.98. The molecule has 0 fully saturated rings. The van der Waals surface area contributed by atoms with Crippen molar-refractivity contribution in [2.75, 3.05) is 0 Å². The summed E-state index contributed by atoms with van der Waals surface area (Å²) >= 11 is 0. The molecule has 1 atom stereocenters. The van der Waals surface area contributed by atoms with Crippen LogP contribution >= 0.6 is 0 Å². The first-order valence-electron chi connectivity index (χ1n) is 24.4. The van der Waals surface area contributed by atoms with E-state index in [1.54, 1.807) is 0 Å². The van der Waals surface area contributed by atoms with E-state index >= 15 is 0 Å². The third kappa shape index (κ3) is 6.36. The highest BCUT2D eigenvalue weighted by Crippen LogP contribution is 2.52. The average molecular weight is 903 g/mol. The van der Waals surface area contributed by atoms with Gasteiger partial charge >= 0.3 is 0 Å². The molecule has 4 aliphatic rings. The van der Waals surface area contributed by atoms with Crippen LogP contribution in [-0.2, 0) is 0 Å². The summed E-state index contributed by atoms with van der Waals surface area (Å²) in [7, 11) is 0. The number of rotatable bonds is 6. The number of hydrogen-bond donors (Lipinski definition) is 0. The van der Waals surface area contributed by atoms with Gasteiger partial charge in [0.1, 0.15) is 0 Å². The van der Waals surface area contributed by atoms with Crippen molar-refractivity contribution in [3.8, 4) is 90.4 Å². The topological polar surface area (TPSA) is 73.4 Å². The molecule has 4 heteroatoms. The Labute approximate surface area is 412 Å². The monoisotopic (exact) mass is 902 g/mol. The van der Waals surface area contributed by atoms with Crippen molar-refractivity contribution >= 4 is 49.2 Å². The van der Waals surface area contributed by atoms with Gasteiger partial charge in [0.25, 0.3) is 0 Å². The summed E-state index contributed by atoms with van der Waals surface area (Å²) in [5.41, 5.74) is 22.7. The van der Waals surface area contributed by atoms with Gasteiger partial charge in [-0.1, -0.05) is 176 Å². The molecule has 71 heavy (non-hydrogen) atoms. The lowest BCUT2D eigenvalue weighted by Gasteiger charge is -2.20. The molecule has 0 bridgehead atoms. The normalized spacial score (nSPS) is 16.0. The molecule has 9 aromatic carbocycles. The average Bonchev–Trinajstić information content (AvgIpc) is 3.95. The highest BCUT2D eigenvalue weighted by Gasteiger charge is 2.28. The second-order valence-electron chi connectivity index (χ2n) is 19.6. The smallest absolute Gasteiger partial charge is 0.160 e. The Morgan fingerprint density at radius 2 is 1.14 bits per heavy atom. The molecule has 0 radical (unpaired) electrons. The zero-order valence-corrected chi connectivity index (χ0v) is 39.0. The SMILES string of the molecule is CC1(C#N)C=C(c2ccc(-c3nc(-c4ccc(-c5cccc(C#N)c5)cc4)c4cc(-c5ccc6c7c(cccc57)-c5ccccc5-6)cc(-c5ccc6c7c(cccc57)C5=C6C=CCC5)c4n3)cc2)C=CC1. The van der Waals surface area contributed by atoms with Crippen molar-refractivity contribution in [3.63, 3.8) is 0 Å². The van der Waals surface area contributed by atoms with E-state index in [0.717, 1.165) is 85.1 Å². The van der Waals surface area contributed by atoms with Crippen molar-refractivity contribution in [1.29, 1.82) is 10.5 Å². The molecule has 0 amide bonds. The molecular weight excluding hydrogens is 861 g/mol.